The number of hydrogen-bond acceptors (Lipinski definition) is 4. The molecular formula is C21H18N4O2S. The Labute approximate surface area is 164 Å². The highest BCUT2D eigenvalue weighted by molar-refractivity contribution is 7.07. The maximum absolute atomic E-state index is 12.6. The molecule has 7 heteroatoms. The molecule has 1 amide bonds. The van der Waals surface area contributed by atoms with E-state index in [2.05, 4.69) is 46.4 Å². The number of nitrogens with zero attached hydrogens (tertiary/aromatic N) is 3. The summed E-state index contributed by atoms with van der Waals surface area (Å²) in [6.07, 6.45) is 1.95. The first-order valence-corrected chi connectivity index (χ1v) is 9.71. The van der Waals surface area contributed by atoms with E-state index in [1.165, 1.54) is 16.9 Å². The summed E-state index contributed by atoms with van der Waals surface area (Å²) >= 11 is 1.41. The number of aromatic amines is 1. The highest BCUT2D eigenvalue weighted by atomic mass is 32.1. The number of fused-ring (bicyclic) bond motifs is 1. The molecule has 6 nitrogen and oxygen atoms in total. The average Bonchev–Trinajstić information content (AvgIpc) is 3.12. The van der Waals surface area contributed by atoms with E-state index in [0.717, 1.165) is 5.56 Å². The lowest BCUT2D eigenvalue weighted by atomic mass is 10.1. The van der Waals surface area contributed by atoms with Crippen molar-refractivity contribution in [3.63, 3.8) is 0 Å². The van der Waals surface area contributed by atoms with Crippen LogP contribution in [0.3, 0.4) is 0 Å². The summed E-state index contributed by atoms with van der Waals surface area (Å²) in [6, 6.07) is 15.4. The van der Waals surface area contributed by atoms with Gasteiger partial charge in [0.15, 0.2) is 4.80 Å². The van der Waals surface area contributed by atoms with Crippen molar-refractivity contribution >= 4 is 28.0 Å². The van der Waals surface area contributed by atoms with E-state index < -0.39 is 0 Å². The Hall–Kier alpha value is -3.32. The lowest BCUT2D eigenvalue weighted by molar-refractivity contribution is -0.117. The molecule has 2 aromatic heterocycles. The largest absolute Gasteiger partial charge is 0.319 e. The number of carbonyl (C=O) groups excluding carboxylic acids is 1. The van der Waals surface area contributed by atoms with Crippen LogP contribution in [-0.2, 0) is 17.8 Å². The SMILES string of the molecule is Cc1ccc(Cn2ccsc2=NC(=O)Cc2n[nH]c(=O)c3ccccc23)cc1. The molecule has 28 heavy (non-hydrogen) atoms. The van der Waals surface area contributed by atoms with Gasteiger partial charge in [0.1, 0.15) is 0 Å². The maximum Gasteiger partial charge on any atom is 0.272 e. The van der Waals surface area contributed by atoms with Gasteiger partial charge in [0.05, 0.1) is 17.5 Å². The number of hydrogen-bond donors (Lipinski definition) is 1. The molecule has 0 spiro atoms. The molecule has 0 radical (unpaired) electrons. The fraction of sp³-hybridized carbons (Fsp3) is 0.143. The summed E-state index contributed by atoms with van der Waals surface area (Å²) in [4.78, 5) is 29.3. The van der Waals surface area contributed by atoms with Crippen molar-refractivity contribution in [1.82, 2.24) is 14.8 Å². The van der Waals surface area contributed by atoms with Crippen LogP contribution < -0.4 is 10.4 Å². The van der Waals surface area contributed by atoms with Crippen LogP contribution in [0, 0.1) is 6.92 Å². The van der Waals surface area contributed by atoms with Crippen molar-refractivity contribution in [1.29, 1.82) is 0 Å². The molecule has 0 fully saturated rings. The average molecular weight is 390 g/mol. The van der Waals surface area contributed by atoms with E-state index >= 15 is 0 Å². The summed E-state index contributed by atoms with van der Waals surface area (Å²) in [6.45, 7) is 2.70. The fourth-order valence-corrected chi connectivity index (χ4v) is 3.74. The molecule has 0 aliphatic rings. The molecule has 1 N–H and O–H groups in total. The maximum atomic E-state index is 12.6. The number of amides is 1. The first kappa shape index (κ1) is 18.1. The van der Waals surface area contributed by atoms with Crippen LogP contribution in [0.2, 0.25) is 0 Å². The Morgan fingerprint density at radius 3 is 2.68 bits per heavy atom. The van der Waals surface area contributed by atoms with Crippen LogP contribution in [0.1, 0.15) is 16.8 Å². The smallest absolute Gasteiger partial charge is 0.272 e. The van der Waals surface area contributed by atoms with Crippen molar-refractivity contribution in [3.05, 3.63) is 92.1 Å². The van der Waals surface area contributed by atoms with Gasteiger partial charge in [0.2, 0.25) is 0 Å². The second-order valence-electron chi connectivity index (χ2n) is 6.53. The first-order valence-electron chi connectivity index (χ1n) is 8.83. The lowest BCUT2D eigenvalue weighted by Crippen LogP contribution is -2.18. The van der Waals surface area contributed by atoms with Crippen LogP contribution in [0.5, 0.6) is 0 Å². The number of rotatable bonds is 4. The Balaban J connectivity index is 1.60. The number of aryl methyl sites for hydroxylation is 1. The number of nitrogens with one attached hydrogen (secondary N) is 1. The van der Waals surface area contributed by atoms with E-state index in [1.807, 2.05) is 22.2 Å². The third kappa shape index (κ3) is 3.84. The molecule has 0 saturated heterocycles. The summed E-state index contributed by atoms with van der Waals surface area (Å²) in [5.41, 5.74) is 2.61. The zero-order valence-corrected chi connectivity index (χ0v) is 16.1. The van der Waals surface area contributed by atoms with Crippen molar-refractivity contribution in [2.24, 2.45) is 4.99 Å². The van der Waals surface area contributed by atoms with Gasteiger partial charge < -0.3 is 4.57 Å². The van der Waals surface area contributed by atoms with Crippen LogP contribution in [0.4, 0.5) is 0 Å². The Morgan fingerprint density at radius 2 is 1.89 bits per heavy atom. The molecule has 0 aliphatic heterocycles. The zero-order chi connectivity index (χ0) is 19.5. The quantitative estimate of drug-likeness (QED) is 0.582. The molecule has 0 aliphatic carbocycles. The van der Waals surface area contributed by atoms with Gasteiger partial charge in [-0.1, -0.05) is 48.0 Å². The molecule has 4 aromatic rings. The van der Waals surface area contributed by atoms with Crippen molar-refractivity contribution in [2.75, 3.05) is 0 Å². The van der Waals surface area contributed by atoms with Crippen molar-refractivity contribution in [3.8, 4) is 0 Å². The normalized spacial score (nSPS) is 11.8. The minimum Gasteiger partial charge on any atom is -0.319 e. The van der Waals surface area contributed by atoms with Gasteiger partial charge >= 0.3 is 0 Å². The Kier molecular flexibility index (Phi) is 4.99. The third-order valence-electron chi connectivity index (χ3n) is 4.45. The number of aromatic nitrogens is 3. The van der Waals surface area contributed by atoms with Crippen LogP contribution in [-0.4, -0.2) is 20.7 Å². The second kappa shape index (κ2) is 7.74. The summed E-state index contributed by atoms with van der Waals surface area (Å²) in [7, 11) is 0. The minimum absolute atomic E-state index is 0.0275. The Morgan fingerprint density at radius 1 is 1.14 bits per heavy atom. The number of benzene rings is 2. The van der Waals surface area contributed by atoms with E-state index in [0.29, 0.717) is 27.8 Å². The monoisotopic (exact) mass is 390 g/mol. The van der Waals surface area contributed by atoms with E-state index in [-0.39, 0.29) is 17.9 Å². The van der Waals surface area contributed by atoms with E-state index in [9.17, 15) is 9.59 Å². The summed E-state index contributed by atoms with van der Waals surface area (Å²) in [5, 5.41) is 9.61. The predicted molar refractivity (Wildman–Crippen MR) is 109 cm³/mol. The molecule has 2 aromatic carbocycles. The van der Waals surface area contributed by atoms with Crippen LogP contribution in [0.15, 0.2) is 69.9 Å². The fourth-order valence-electron chi connectivity index (χ4n) is 2.99. The molecular weight excluding hydrogens is 372 g/mol. The minimum atomic E-state index is -0.301. The molecule has 2 heterocycles. The number of H-pyrrole nitrogens is 1. The molecule has 0 saturated carbocycles. The standard InChI is InChI=1S/C21H18N4O2S/c1-14-6-8-15(9-7-14)13-25-10-11-28-21(25)22-19(26)12-18-16-4-2-3-5-17(16)20(27)24-23-18/h2-11H,12-13H2,1H3,(H,24,27). The Bertz CT molecular complexity index is 1270. The van der Waals surface area contributed by atoms with E-state index in [4.69, 9.17) is 0 Å². The highest BCUT2D eigenvalue weighted by Crippen LogP contribution is 2.13. The number of carbonyl (C=O) groups is 1. The second-order valence-corrected chi connectivity index (χ2v) is 7.40. The van der Waals surface area contributed by atoms with Gasteiger partial charge in [-0.15, -0.1) is 11.3 Å². The molecule has 0 atom stereocenters. The van der Waals surface area contributed by atoms with Crippen LogP contribution in [0.25, 0.3) is 10.8 Å². The predicted octanol–water partition coefficient (Wildman–Crippen LogP) is 2.81. The van der Waals surface area contributed by atoms with Gasteiger partial charge in [-0.2, -0.15) is 10.1 Å². The molecule has 4 rings (SSSR count). The molecule has 0 bridgehead atoms. The highest BCUT2D eigenvalue weighted by Gasteiger charge is 2.10. The summed E-state index contributed by atoms with van der Waals surface area (Å²) < 4.78 is 1.95. The van der Waals surface area contributed by atoms with Gasteiger partial charge in [0, 0.05) is 23.5 Å². The topological polar surface area (TPSA) is 80.1 Å². The van der Waals surface area contributed by atoms with Gasteiger partial charge in [-0.3, -0.25) is 9.59 Å². The first-order chi connectivity index (χ1) is 13.6. The van der Waals surface area contributed by atoms with Crippen LogP contribution >= 0.6 is 11.3 Å². The van der Waals surface area contributed by atoms with Gasteiger partial charge in [-0.05, 0) is 18.6 Å². The number of thiazole rings is 1. The lowest BCUT2D eigenvalue weighted by Gasteiger charge is -2.04. The molecule has 140 valence electrons. The molecule has 0 unspecified atom stereocenters. The summed E-state index contributed by atoms with van der Waals surface area (Å²) in [5.74, 6) is -0.301. The third-order valence-corrected chi connectivity index (χ3v) is 5.24. The van der Waals surface area contributed by atoms with Crippen molar-refractivity contribution in [2.45, 2.75) is 19.9 Å². The van der Waals surface area contributed by atoms with Crippen molar-refractivity contribution < 1.29 is 4.79 Å². The van der Waals surface area contributed by atoms with Gasteiger partial charge in [-0.25, -0.2) is 5.10 Å². The van der Waals surface area contributed by atoms with E-state index in [1.54, 1.807) is 18.2 Å². The zero-order valence-electron chi connectivity index (χ0n) is 15.3. The van der Waals surface area contributed by atoms with Gasteiger partial charge in [0.25, 0.3) is 11.5 Å².